The first-order valence-corrected chi connectivity index (χ1v) is 9.76. The van der Waals surface area contributed by atoms with Crippen molar-refractivity contribution < 1.29 is 4.74 Å². The number of hydrogen-bond acceptors (Lipinski definition) is 7. The van der Waals surface area contributed by atoms with Gasteiger partial charge in [-0.25, -0.2) is 4.98 Å². The van der Waals surface area contributed by atoms with Gasteiger partial charge in [0.05, 0.1) is 17.5 Å². The summed E-state index contributed by atoms with van der Waals surface area (Å²) in [5.74, 6) is 2.81. The van der Waals surface area contributed by atoms with Gasteiger partial charge in [0, 0.05) is 43.0 Å². The summed E-state index contributed by atoms with van der Waals surface area (Å²) in [6, 6.07) is 6.11. The van der Waals surface area contributed by atoms with E-state index in [1.54, 1.807) is 6.33 Å². The Morgan fingerprint density at radius 2 is 2.15 bits per heavy atom. The molecule has 8 heteroatoms. The van der Waals surface area contributed by atoms with Crippen molar-refractivity contribution in [3.8, 4) is 0 Å². The van der Waals surface area contributed by atoms with E-state index in [-0.39, 0.29) is 0 Å². The van der Waals surface area contributed by atoms with Crippen molar-refractivity contribution in [2.75, 3.05) is 23.7 Å². The van der Waals surface area contributed by atoms with Crippen molar-refractivity contribution in [3.63, 3.8) is 0 Å². The zero-order chi connectivity index (χ0) is 17.6. The van der Waals surface area contributed by atoms with Crippen LogP contribution in [0.25, 0.3) is 5.78 Å². The second kappa shape index (κ2) is 6.21. The van der Waals surface area contributed by atoms with E-state index in [1.807, 2.05) is 47.7 Å². The Morgan fingerprint density at radius 3 is 3.00 bits per heavy atom. The first kappa shape index (κ1) is 16.0. The van der Waals surface area contributed by atoms with Crippen LogP contribution in [0.15, 0.2) is 36.9 Å². The molecule has 0 bridgehead atoms. The molecular weight excluding hydrogens is 348 g/mol. The van der Waals surface area contributed by atoms with Crippen LogP contribution in [0.3, 0.4) is 0 Å². The Morgan fingerprint density at radius 1 is 1.31 bits per heavy atom. The van der Waals surface area contributed by atoms with Gasteiger partial charge in [-0.1, -0.05) is 0 Å². The van der Waals surface area contributed by atoms with Gasteiger partial charge in [0.2, 0.25) is 0 Å². The molecule has 0 amide bonds. The molecule has 3 aromatic heterocycles. The highest BCUT2D eigenvalue weighted by molar-refractivity contribution is 8.01. The van der Waals surface area contributed by atoms with Crippen LogP contribution in [0.5, 0.6) is 0 Å². The highest BCUT2D eigenvalue weighted by Gasteiger charge is 2.50. The molecule has 1 spiro atoms. The lowest BCUT2D eigenvalue weighted by molar-refractivity contribution is 0.0477. The SMILES string of the molecule is Cc1cc(N2CC3(CC(OCc4ccncc4)CS3)C2)n2ncnc2n1. The lowest BCUT2D eigenvalue weighted by Crippen LogP contribution is -2.59. The highest BCUT2D eigenvalue weighted by Crippen LogP contribution is 2.47. The number of aryl methyl sites for hydroxylation is 1. The van der Waals surface area contributed by atoms with Crippen molar-refractivity contribution in [1.82, 2.24) is 24.6 Å². The van der Waals surface area contributed by atoms with Crippen molar-refractivity contribution in [3.05, 3.63) is 48.2 Å². The zero-order valence-electron chi connectivity index (χ0n) is 14.6. The van der Waals surface area contributed by atoms with Crippen LogP contribution in [0, 0.1) is 6.92 Å². The molecule has 2 saturated heterocycles. The minimum Gasteiger partial charge on any atom is -0.373 e. The smallest absolute Gasteiger partial charge is 0.254 e. The van der Waals surface area contributed by atoms with E-state index in [2.05, 4.69) is 31.0 Å². The molecule has 26 heavy (non-hydrogen) atoms. The largest absolute Gasteiger partial charge is 0.373 e. The third kappa shape index (κ3) is 2.83. The number of fused-ring (bicyclic) bond motifs is 1. The van der Waals surface area contributed by atoms with E-state index in [4.69, 9.17) is 4.74 Å². The molecule has 1 atom stereocenters. The molecular formula is C18H20N6OS. The maximum Gasteiger partial charge on any atom is 0.254 e. The Bertz CT molecular complexity index is 924. The maximum absolute atomic E-state index is 6.13. The van der Waals surface area contributed by atoms with E-state index in [9.17, 15) is 0 Å². The summed E-state index contributed by atoms with van der Waals surface area (Å²) in [7, 11) is 0. The Hall–Kier alpha value is -2.19. The van der Waals surface area contributed by atoms with E-state index in [1.165, 1.54) is 5.56 Å². The van der Waals surface area contributed by atoms with Gasteiger partial charge in [-0.2, -0.15) is 14.6 Å². The topological polar surface area (TPSA) is 68.4 Å². The minimum atomic E-state index is 0.299. The standard InChI is InChI=1S/C18H20N6OS/c1-13-6-16(24-17(22-13)20-12-21-24)23-10-18(11-23)7-15(9-26-18)25-8-14-2-4-19-5-3-14/h2-6,12,15H,7-11H2,1H3. The van der Waals surface area contributed by atoms with Gasteiger partial charge in [0.1, 0.15) is 12.1 Å². The molecule has 0 aromatic carbocycles. The van der Waals surface area contributed by atoms with Gasteiger partial charge < -0.3 is 9.64 Å². The molecule has 1 unspecified atom stereocenters. The Kier molecular flexibility index (Phi) is 3.82. The summed E-state index contributed by atoms with van der Waals surface area (Å²) in [6.07, 6.45) is 6.61. The molecule has 0 saturated carbocycles. The van der Waals surface area contributed by atoms with Gasteiger partial charge in [0.15, 0.2) is 0 Å². The normalized spacial score (nSPS) is 21.4. The van der Waals surface area contributed by atoms with Crippen LogP contribution in [0.4, 0.5) is 5.82 Å². The van der Waals surface area contributed by atoms with Crippen LogP contribution in [-0.2, 0) is 11.3 Å². The third-order valence-electron chi connectivity index (χ3n) is 5.05. The average molecular weight is 368 g/mol. The van der Waals surface area contributed by atoms with Gasteiger partial charge in [-0.05, 0) is 31.0 Å². The molecule has 2 aliphatic heterocycles. The first-order valence-electron chi connectivity index (χ1n) is 8.78. The van der Waals surface area contributed by atoms with E-state index in [0.29, 0.717) is 23.2 Å². The second-order valence-electron chi connectivity index (χ2n) is 7.07. The minimum absolute atomic E-state index is 0.299. The van der Waals surface area contributed by atoms with Crippen molar-refractivity contribution in [2.24, 2.45) is 0 Å². The fraction of sp³-hybridized carbons (Fsp3) is 0.444. The first-order chi connectivity index (χ1) is 12.7. The number of pyridine rings is 1. The molecule has 134 valence electrons. The number of rotatable bonds is 4. The molecule has 0 radical (unpaired) electrons. The molecule has 0 aliphatic carbocycles. The fourth-order valence-electron chi connectivity index (χ4n) is 3.77. The number of hydrogen-bond donors (Lipinski definition) is 0. The molecule has 5 rings (SSSR count). The number of anilines is 1. The zero-order valence-corrected chi connectivity index (χ0v) is 15.4. The second-order valence-corrected chi connectivity index (χ2v) is 8.56. The third-order valence-corrected chi connectivity index (χ3v) is 6.63. The van der Waals surface area contributed by atoms with Crippen LogP contribution < -0.4 is 4.90 Å². The van der Waals surface area contributed by atoms with Crippen molar-refractivity contribution in [1.29, 1.82) is 0 Å². The molecule has 3 aromatic rings. The van der Waals surface area contributed by atoms with Crippen LogP contribution in [0.1, 0.15) is 17.7 Å². The number of ether oxygens (including phenoxy) is 1. The quantitative estimate of drug-likeness (QED) is 0.698. The summed E-state index contributed by atoms with van der Waals surface area (Å²) in [5.41, 5.74) is 2.15. The van der Waals surface area contributed by atoms with Gasteiger partial charge in [-0.15, -0.1) is 11.8 Å². The Labute approximate surface area is 155 Å². The predicted octanol–water partition coefficient (Wildman–Crippen LogP) is 2.11. The molecule has 2 aliphatic rings. The van der Waals surface area contributed by atoms with E-state index in [0.717, 1.165) is 36.8 Å². The maximum atomic E-state index is 6.13. The van der Waals surface area contributed by atoms with Crippen LogP contribution in [0.2, 0.25) is 0 Å². The van der Waals surface area contributed by atoms with Gasteiger partial charge in [-0.3, -0.25) is 4.98 Å². The lowest BCUT2D eigenvalue weighted by atomic mass is 9.93. The molecule has 7 nitrogen and oxygen atoms in total. The Balaban J connectivity index is 1.23. The summed E-state index contributed by atoms with van der Waals surface area (Å²) in [6.45, 7) is 4.70. The molecule has 2 fully saturated rings. The number of thioether (sulfide) groups is 1. The van der Waals surface area contributed by atoms with E-state index >= 15 is 0 Å². The molecule has 5 heterocycles. The monoisotopic (exact) mass is 368 g/mol. The highest BCUT2D eigenvalue weighted by atomic mass is 32.2. The number of nitrogens with zero attached hydrogens (tertiary/aromatic N) is 6. The van der Waals surface area contributed by atoms with Crippen molar-refractivity contribution >= 4 is 23.4 Å². The van der Waals surface area contributed by atoms with Crippen LogP contribution in [-0.4, -0.2) is 54.3 Å². The summed E-state index contributed by atoms with van der Waals surface area (Å²) in [4.78, 5) is 15.1. The van der Waals surface area contributed by atoms with Crippen LogP contribution >= 0.6 is 11.8 Å². The van der Waals surface area contributed by atoms with E-state index < -0.39 is 0 Å². The summed E-state index contributed by atoms with van der Waals surface area (Å²) >= 11 is 2.04. The van der Waals surface area contributed by atoms with Gasteiger partial charge in [0.25, 0.3) is 5.78 Å². The van der Waals surface area contributed by atoms with Crippen molar-refractivity contribution in [2.45, 2.75) is 30.8 Å². The number of aromatic nitrogens is 5. The predicted molar refractivity (Wildman–Crippen MR) is 100 cm³/mol. The summed E-state index contributed by atoms with van der Waals surface area (Å²) in [5, 5.41) is 4.32. The van der Waals surface area contributed by atoms with Gasteiger partial charge >= 0.3 is 0 Å². The lowest BCUT2D eigenvalue weighted by Gasteiger charge is -2.48. The molecule has 0 N–H and O–H groups in total. The fourth-order valence-corrected chi connectivity index (χ4v) is 5.32. The average Bonchev–Trinajstić information content (AvgIpc) is 3.26. The summed E-state index contributed by atoms with van der Waals surface area (Å²) < 4.78 is 8.26.